The van der Waals surface area contributed by atoms with Crippen LogP contribution < -0.4 is 16.1 Å². The second kappa shape index (κ2) is 11.6. The Balaban J connectivity index is 0.00000193. The quantitative estimate of drug-likeness (QED) is 0.452. The van der Waals surface area contributed by atoms with Gasteiger partial charge in [-0.1, -0.05) is 23.2 Å². The molecule has 3 aromatic rings. The number of piperazine rings is 1. The van der Waals surface area contributed by atoms with Gasteiger partial charge >= 0.3 is 5.69 Å². The van der Waals surface area contributed by atoms with Crippen LogP contribution in [0.2, 0.25) is 10.0 Å². The highest BCUT2D eigenvalue weighted by Gasteiger charge is 2.18. The molecule has 0 atom stereocenters. The van der Waals surface area contributed by atoms with Gasteiger partial charge in [0.05, 0.1) is 16.4 Å². The minimum absolute atomic E-state index is 0. The molecule has 1 saturated heterocycles. The zero-order valence-corrected chi connectivity index (χ0v) is 21.7. The van der Waals surface area contributed by atoms with E-state index in [0.29, 0.717) is 27.8 Å². The van der Waals surface area contributed by atoms with E-state index in [9.17, 15) is 9.59 Å². The maximum Gasteiger partial charge on any atom is 0.332 e. The van der Waals surface area contributed by atoms with Crippen molar-refractivity contribution in [3.63, 3.8) is 0 Å². The Labute approximate surface area is 214 Å². The SMILES string of the molecule is Cl.Cl.Cn1cnc2c1c(=O)n(CCCCN1CCN(c3ccc(Cl)c(Cl)c3)CC1)c(=O)n2C. The molecule has 12 heteroatoms. The average Bonchev–Trinajstić information content (AvgIpc) is 3.16. The van der Waals surface area contributed by atoms with E-state index in [2.05, 4.69) is 14.8 Å². The molecule has 0 unspecified atom stereocenters. The maximum atomic E-state index is 12.8. The summed E-state index contributed by atoms with van der Waals surface area (Å²) in [5.41, 5.74) is 1.39. The lowest BCUT2D eigenvalue weighted by atomic mass is 10.2. The van der Waals surface area contributed by atoms with E-state index in [1.807, 2.05) is 18.2 Å². The summed E-state index contributed by atoms with van der Waals surface area (Å²) in [6.07, 6.45) is 3.25. The van der Waals surface area contributed by atoms with Crippen molar-refractivity contribution in [3.05, 3.63) is 55.4 Å². The van der Waals surface area contributed by atoms with Crippen LogP contribution in [0, 0.1) is 0 Å². The largest absolute Gasteiger partial charge is 0.369 e. The molecule has 1 fully saturated rings. The summed E-state index contributed by atoms with van der Waals surface area (Å²) < 4.78 is 4.44. The Morgan fingerprint density at radius 2 is 1.61 bits per heavy atom. The molecule has 182 valence electrons. The van der Waals surface area contributed by atoms with Crippen LogP contribution in [-0.4, -0.2) is 56.3 Å². The first-order chi connectivity index (χ1) is 14.9. The van der Waals surface area contributed by atoms with Crippen molar-refractivity contribution in [2.45, 2.75) is 19.4 Å². The summed E-state index contributed by atoms with van der Waals surface area (Å²) in [4.78, 5) is 34.2. The Hall–Kier alpha value is -1.71. The highest BCUT2D eigenvalue weighted by Crippen LogP contribution is 2.27. The van der Waals surface area contributed by atoms with E-state index < -0.39 is 0 Å². The lowest BCUT2D eigenvalue weighted by Gasteiger charge is -2.36. The predicted molar refractivity (Wildman–Crippen MR) is 139 cm³/mol. The van der Waals surface area contributed by atoms with Gasteiger partial charge in [-0.05, 0) is 37.6 Å². The van der Waals surface area contributed by atoms with E-state index in [0.717, 1.165) is 51.3 Å². The van der Waals surface area contributed by atoms with E-state index in [1.54, 1.807) is 25.0 Å². The number of anilines is 1. The Morgan fingerprint density at radius 3 is 2.27 bits per heavy atom. The number of aromatic nitrogens is 4. The zero-order chi connectivity index (χ0) is 22.1. The van der Waals surface area contributed by atoms with Crippen LogP contribution in [0.3, 0.4) is 0 Å². The smallest absolute Gasteiger partial charge is 0.332 e. The Bertz CT molecular complexity index is 1210. The third kappa shape index (κ3) is 5.69. The Morgan fingerprint density at radius 1 is 0.939 bits per heavy atom. The summed E-state index contributed by atoms with van der Waals surface area (Å²) in [7, 11) is 3.42. The number of hydrogen-bond donors (Lipinski definition) is 0. The number of aryl methyl sites for hydroxylation is 2. The van der Waals surface area contributed by atoms with Gasteiger partial charge in [-0.2, -0.15) is 0 Å². The predicted octanol–water partition coefficient (Wildman–Crippen LogP) is 3.19. The van der Waals surface area contributed by atoms with Gasteiger partial charge < -0.3 is 9.47 Å². The Kier molecular flexibility index (Phi) is 9.70. The third-order valence-corrected chi connectivity index (χ3v) is 6.69. The topological polar surface area (TPSA) is 68.3 Å². The molecule has 33 heavy (non-hydrogen) atoms. The van der Waals surface area contributed by atoms with Crippen molar-refractivity contribution < 1.29 is 0 Å². The molecule has 1 aliphatic rings. The minimum atomic E-state index is -0.313. The van der Waals surface area contributed by atoms with E-state index in [1.165, 1.54) is 9.13 Å². The molecule has 4 rings (SSSR count). The summed E-state index contributed by atoms with van der Waals surface area (Å²) in [5, 5.41) is 1.15. The number of hydrogen-bond acceptors (Lipinski definition) is 5. The van der Waals surface area contributed by atoms with Gasteiger partial charge in [-0.15, -0.1) is 24.8 Å². The van der Waals surface area contributed by atoms with Gasteiger partial charge in [0, 0.05) is 52.5 Å². The van der Waals surface area contributed by atoms with Gasteiger partial charge in [0.1, 0.15) is 0 Å². The van der Waals surface area contributed by atoms with Crippen molar-refractivity contribution in [3.8, 4) is 0 Å². The number of imidazole rings is 1. The van der Waals surface area contributed by atoms with Crippen molar-refractivity contribution in [1.29, 1.82) is 0 Å². The van der Waals surface area contributed by atoms with Crippen molar-refractivity contribution >= 4 is 64.9 Å². The van der Waals surface area contributed by atoms with E-state index >= 15 is 0 Å². The fraction of sp³-hybridized carbons (Fsp3) is 0.476. The van der Waals surface area contributed by atoms with E-state index in [4.69, 9.17) is 23.2 Å². The number of fused-ring (bicyclic) bond motifs is 1. The third-order valence-electron chi connectivity index (χ3n) is 5.95. The van der Waals surface area contributed by atoms with Crippen LogP contribution in [0.1, 0.15) is 12.8 Å². The standard InChI is InChI=1S/C21H26Cl2N6O2.2ClH/c1-25-14-24-19-18(25)20(30)29(21(31)26(19)2)8-4-3-7-27-9-11-28(12-10-27)15-5-6-16(22)17(23)13-15;;/h5-6,13-14H,3-4,7-12H2,1-2H3;2*1H. The first-order valence-electron chi connectivity index (χ1n) is 10.4. The molecular weight excluding hydrogens is 510 g/mol. The number of halogens is 4. The summed E-state index contributed by atoms with van der Waals surface area (Å²) >= 11 is 12.2. The van der Waals surface area contributed by atoms with Gasteiger partial charge in [0.2, 0.25) is 0 Å². The molecule has 0 saturated carbocycles. The molecule has 0 N–H and O–H groups in total. The van der Waals surface area contributed by atoms with Crippen LogP contribution in [0.25, 0.3) is 11.2 Å². The van der Waals surface area contributed by atoms with Crippen molar-refractivity contribution in [2.24, 2.45) is 14.1 Å². The molecule has 0 amide bonds. The number of unbranched alkanes of at least 4 members (excludes halogenated alkanes) is 1. The van der Waals surface area contributed by atoms with Gasteiger partial charge in [0.15, 0.2) is 11.2 Å². The van der Waals surface area contributed by atoms with Crippen LogP contribution in [0.4, 0.5) is 5.69 Å². The van der Waals surface area contributed by atoms with Crippen molar-refractivity contribution in [2.75, 3.05) is 37.6 Å². The van der Waals surface area contributed by atoms with Crippen molar-refractivity contribution in [1.82, 2.24) is 23.6 Å². The maximum absolute atomic E-state index is 12.8. The monoisotopic (exact) mass is 536 g/mol. The second-order valence-electron chi connectivity index (χ2n) is 7.96. The van der Waals surface area contributed by atoms with Crippen LogP contribution >= 0.6 is 48.0 Å². The second-order valence-corrected chi connectivity index (χ2v) is 8.77. The van der Waals surface area contributed by atoms with Crippen LogP contribution in [0.5, 0.6) is 0 Å². The average molecular weight is 538 g/mol. The zero-order valence-electron chi connectivity index (χ0n) is 18.5. The molecule has 1 aliphatic heterocycles. The molecule has 2 aromatic heterocycles. The minimum Gasteiger partial charge on any atom is -0.369 e. The summed E-state index contributed by atoms with van der Waals surface area (Å²) in [6, 6.07) is 5.75. The van der Waals surface area contributed by atoms with Gasteiger partial charge in [0.25, 0.3) is 5.56 Å². The highest BCUT2D eigenvalue weighted by molar-refractivity contribution is 6.42. The van der Waals surface area contributed by atoms with Gasteiger partial charge in [-0.25, -0.2) is 9.78 Å². The van der Waals surface area contributed by atoms with Gasteiger partial charge in [-0.3, -0.25) is 18.8 Å². The summed E-state index contributed by atoms with van der Waals surface area (Å²) in [5.74, 6) is 0. The number of nitrogens with zero attached hydrogens (tertiary/aromatic N) is 6. The molecule has 0 radical (unpaired) electrons. The number of benzene rings is 1. The lowest BCUT2D eigenvalue weighted by Crippen LogP contribution is -2.46. The van der Waals surface area contributed by atoms with Crippen LogP contribution in [0.15, 0.2) is 34.1 Å². The fourth-order valence-corrected chi connectivity index (χ4v) is 4.40. The molecule has 0 bridgehead atoms. The molecule has 1 aromatic carbocycles. The highest BCUT2D eigenvalue weighted by atomic mass is 35.5. The normalized spacial score (nSPS) is 14.2. The molecule has 0 aliphatic carbocycles. The molecule has 0 spiro atoms. The van der Waals surface area contributed by atoms with Crippen LogP contribution in [-0.2, 0) is 20.6 Å². The summed E-state index contributed by atoms with van der Waals surface area (Å²) in [6.45, 7) is 5.13. The lowest BCUT2D eigenvalue weighted by molar-refractivity contribution is 0.251. The molecule has 3 heterocycles. The molecular formula is C21H28Cl4N6O2. The van der Waals surface area contributed by atoms with E-state index in [-0.39, 0.29) is 36.1 Å². The number of rotatable bonds is 6. The molecule has 8 nitrogen and oxygen atoms in total. The fourth-order valence-electron chi connectivity index (χ4n) is 4.11. The first kappa shape index (κ1) is 27.5. The first-order valence-corrected chi connectivity index (χ1v) is 11.2.